The van der Waals surface area contributed by atoms with Crippen LogP contribution in [0.3, 0.4) is 0 Å². The fraction of sp³-hybridized carbons (Fsp3) is 0.143. The summed E-state index contributed by atoms with van der Waals surface area (Å²) in [6, 6.07) is 0. The van der Waals surface area contributed by atoms with E-state index in [1.807, 2.05) is 0 Å². The fourth-order valence-corrected chi connectivity index (χ4v) is 0.488. The van der Waals surface area contributed by atoms with Gasteiger partial charge in [-0.2, -0.15) is 0 Å². The van der Waals surface area contributed by atoms with E-state index in [1.54, 1.807) is 6.92 Å². The summed E-state index contributed by atoms with van der Waals surface area (Å²) in [6.45, 7) is 8.77. The maximum atomic E-state index is 8.97. The van der Waals surface area contributed by atoms with Gasteiger partial charge >= 0.3 is 0 Å². The van der Waals surface area contributed by atoms with Gasteiger partial charge < -0.3 is 5.11 Å². The standard InChI is InChI=1S/C7H9BrO/c1-5(2)7(9)4-6(3)8/h4,9H,1,3H2,2H3/b7-4+. The highest BCUT2D eigenvalue weighted by Crippen LogP contribution is 2.09. The largest absolute Gasteiger partial charge is 0.508 e. The topological polar surface area (TPSA) is 20.2 Å². The van der Waals surface area contributed by atoms with E-state index in [4.69, 9.17) is 5.11 Å². The molecule has 0 rings (SSSR count). The number of halogens is 1. The van der Waals surface area contributed by atoms with Gasteiger partial charge in [0.1, 0.15) is 5.76 Å². The van der Waals surface area contributed by atoms with Crippen LogP contribution in [0.25, 0.3) is 0 Å². The van der Waals surface area contributed by atoms with Gasteiger partial charge in [0, 0.05) is 4.48 Å². The summed E-state index contributed by atoms with van der Waals surface area (Å²) in [5, 5.41) is 8.97. The molecule has 0 saturated carbocycles. The van der Waals surface area contributed by atoms with Crippen LogP contribution in [0.5, 0.6) is 0 Å². The maximum absolute atomic E-state index is 8.97. The molecular formula is C7H9BrO. The number of aliphatic hydroxyl groups excluding tert-OH is 1. The first-order chi connectivity index (χ1) is 4.04. The molecule has 9 heavy (non-hydrogen) atoms. The molecule has 0 fully saturated rings. The molecule has 0 heterocycles. The van der Waals surface area contributed by atoms with E-state index in [-0.39, 0.29) is 5.76 Å². The lowest BCUT2D eigenvalue weighted by Crippen LogP contribution is -1.79. The van der Waals surface area contributed by atoms with Crippen LogP contribution in [-0.2, 0) is 0 Å². The average Bonchev–Trinajstić information content (AvgIpc) is 1.63. The van der Waals surface area contributed by atoms with Gasteiger partial charge in [0.15, 0.2) is 0 Å². The molecule has 0 saturated heterocycles. The zero-order valence-corrected chi connectivity index (χ0v) is 6.90. The van der Waals surface area contributed by atoms with Crippen molar-refractivity contribution in [1.82, 2.24) is 0 Å². The van der Waals surface area contributed by atoms with E-state index >= 15 is 0 Å². The van der Waals surface area contributed by atoms with Gasteiger partial charge in [-0.15, -0.1) is 0 Å². The predicted molar refractivity (Wildman–Crippen MR) is 43.6 cm³/mol. The second-order valence-corrected chi connectivity index (χ2v) is 2.78. The van der Waals surface area contributed by atoms with Crippen LogP contribution in [-0.4, -0.2) is 5.11 Å². The molecule has 0 unspecified atom stereocenters. The molecule has 0 aromatic heterocycles. The average molecular weight is 189 g/mol. The Labute approximate surface area is 63.5 Å². The highest BCUT2D eigenvalue weighted by molar-refractivity contribution is 9.11. The van der Waals surface area contributed by atoms with Crippen LogP contribution in [0.15, 0.2) is 35.0 Å². The van der Waals surface area contributed by atoms with E-state index in [0.29, 0.717) is 10.1 Å². The van der Waals surface area contributed by atoms with E-state index in [9.17, 15) is 0 Å². The molecule has 0 amide bonds. The van der Waals surface area contributed by atoms with Gasteiger partial charge in [-0.1, -0.05) is 29.1 Å². The summed E-state index contributed by atoms with van der Waals surface area (Å²) >= 11 is 3.07. The first-order valence-electron chi connectivity index (χ1n) is 2.45. The number of rotatable bonds is 2. The number of hydrogen-bond donors (Lipinski definition) is 1. The summed E-state index contributed by atoms with van der Waals surface area (Å²) in [5.41, 5.74) is 0.635. The summed E-state index contributed by atoms with van der Waals surface area (Å²) < 4.78 is 0.642. The lowest BCUT2D eigenvalue weighted by atomic mass is 10.3. The third-order valence-corrected chi connectivity index (χ3v) is 0.960. The quantitative estimate of drug-likeness (QED) is 0.523. The smallest absolute Gasteiger partial charge is 0.118 e. The first-order valence-corrected chi connectivity index (χ1v) is 3.24. The minimum atomic E-state index is 0.164. The molecule has 1 N–H and O–H groups in total. The van der Waals surface area contributed by atoms with Crippen LogP contribution in [0.1, 0.15) is 6.92 Å². The van der Waals surface area contributed by atoms with Crippen molar-refractivity contribution < 1.29 is 5.11 Å². The van der Waals surface area contributed by atoms with E-state index < -0.39 is 0 Å². The molecule has 50 valence electrons. The minimum absolute atomic E-state index is 0.164. The van der Waals surface area contributed by atoms with Crippen LogP contribution >= 0.6 is 15.9 Å². The van der Waals surface area contributed by atoms with Crippen LogP contribution < -0.4 is 0 Å². The number of allylic oxidation sites excluding steroid dienone is 3. The molecule has 0 radical (unpaired) electrons. The Bertz CT molecular complexity index is 168. The highest BCUT2D eigenvalue weighted by Gasteiger charge is 1.90. The highest BCUT2D eigenvalue weighted by atomic mass is 79.9. The molecule has 0 spiro atoms. The Morgan fingerprint density at radius 2 is 2.00 bits per heavy atom. The SMILES string of the molecule is C=C(Br)/C=C(/O)C(=C)C. The lowest BCUT2D eigenvalue weighted by Gasteiger charge is -1.94. The third kappa shape index (κ3) is 4.03. The van der Waals surface area contributed by atoms with Crippen LogP contribution in [0.2, 0.25) is 0 Å². The predicted octanol–water partition coefficient (Wildman–Crippen LogP) is 2.91. The van der Waals surface area contributed by atoms with Gasteiger partial charge in [-0.05, 0) is 18.6 Å². The van der Waals surface area contributed by atoms with Crippen molar-refractivity contribution in [1.29, 1.82) is 0 Å². The van der Waals surface area contributed by atoms with Crippen molar-refractivity contribution in [2.24, 2.45) is 0 Å². The number of aliphatic hydroxyl groups is 1. The van der Waals surface area contributed by atoms with Crippen molar-refractivity contribution in [3.05, 3.63) is 35.0 Å². The Morgan fingerprint density at radius 3 is 2.11 bits per heavy atom. The molecule has 0 aliphatic heterocycles. The van der Waals surface area contributed by atoms with Crippen LogP contribution in [0.4, 0.5) is 0 Å². The van der Waals surface area contributed by atoms with E-state index in [0.717, 1.165) is 0 Å². The third-order valence-electron chi connectivity index (χ3n) is 0.731. The second kappa shape index (κ2) is 3.51. The molecular weight excluding hydrogens is 180 g/mol. The molecule has 1 nitrogen and oxygen atoms in total. The van der Waals surface area contributed by atoms with Crippen LogP contribution in [0, 0.1) is 0 Å². The van der Waals surface area contributed by atoms with Crippen molar-refractivity contribution >= 4 is 15.9 Å². The first kappa shape index (κ1) is 8.50. The van der Waals surface area contributed by atoms with Gasteiger partial charge in [0.2, 0.25) is 0 Å². The summed E-state index contributed by atoms with van der Waals surface area (Å²) in [4.78, 5) is 0. The monoisotopic (exact) mass is 188 g/mol. The van der Waals surface area contributed by atoms with E-state index in [2.05, 4.69) is 29.1 Å². The zero-order chi connectivity index (χ0) is 7.44. The molecule has 0 aromatic carbocycles. The Kier molecular flexibility index (Phi) is 3.32. The molecule has 0 aliphatic rings. The Hall–Kier alpha value is -0.500. The summed E-state index contributed by atoms with van der Waals surface area (Å²) in [6.07, 6.45) is 1.50. The van der Waals surface area contributed by atoms with E-state index in [1.165, 1.54) is 6.08 Å². The van der Waals surface area contributed by atoms with Crippen molar-refractivity contribution in [2.75, 3.05) is 0 Å². The van der Waals surface area contributed by atoms with Crippen molar-refractivity contribution in [3.63, 3.8) is 0 Å². The molecule has 0 atom stereocenters. The second-order valence-electron chi connectivity index (χ2n) is 1.76. The van der Waals surface area contributed by atoms with Gasteiger partial charge in [-0.25, -0.2) is 0 Å². The summed E-state index contributed by atoms with van der Waals surface area (Å²) in [5.74, 6) is 0.164. The fourth-order valence-electron chi connectivity index (χ4n) is 0.272. The molecule has 0 aromatic rings. The lowest BCUT2D eigenvalue weighted by molar-refractivity contribution is 0.424. The Morgan fingerprint density at radius 1 is 1.56 bits per heavy atom. The van der Waals surface area contributed by atoms with Crippen molar-refractivity contribution in [3.8, 4) is 0 Å². The summed E-state index contributed by atoms with van der Waals surface area (Å²) in [7, 11) is 0. The zero-order valence-electron chi connectivity index (χ0n) is 5.32. The maximum Gasteiger partial charge on any atom is 0.118 e. The molecule has 2 heteroatoms. The minimum Gasteiger partial charge on any atom is -0.508 e. The Balaban J connectivity index is 4.17. The van der Waals surface area contributed by atoms with Gasteiger partial charge in [-0.3, -0.25) is 0 Å². The molecule has 0 aliphatic carbocycles. The number of hydrogen-bond acceptors (Lipinski definition) is 1. The van der Waals surface area contributed by atoms with Crippen molar-refractivity contribution in [2.45, 2.75) is 6.92 Å². The van der Waals surface area contributed by atoms with Gasteiger partial charge in [0.05, 0.1) is 0 Å². The normalized spacial score (nSPS) is 11.1. The molecule has 0 bridgehead atoms. The van der Waals surface area contributed by atoms with Gasteiger partial charge in [0.25, 0.3) is 0 Å².